The van der Waals surface area contributed by atoms with E-state index in [0.717, 1.165) is 12.0 Å². The molecule has 0 atom stereocenters. The molecule has 0 aliphatic rings. The summed E-state index contributed by atoms with van der Waals surface area (Å²) in [5, 5.41) is 9.29. The number of aryl methyl sites for hydroxylation is 1. The van der Waals surface area contributed by atoms with E-state index in [4.69, 9.17) is 10.3 Å². The number of amides is 2. The van der Waals surface area contributed by atoms with Crippen molar-refractivity contribution in [1.29, 1.82) is 0 Å². The van der Waals surface area contributed by atoms with Crippen LogP contribution in [-0.2, 0) is 6.42 Å². The Morgan fingerprint density at radius 1 is 1.13 bits per heavy atom. The van der Waals surface area contributed by atoms with Gasteiger partial charge in [0.25, 0.3) is 5.91 Å². The number of primary amides is 1. The molecule has 30 heavy (non-hydrogen) atoms. The Bertz CT molecular complexity index is 1200. The Morgan fingerprint density at radius 2 is 1.90 bits per heavy atom. The van der Waals surface area contributed by atoms with E-state index in [9.17, 15) is 9.59 Å². The molecule has 3 N–H and O–H groups in total. The van der Waals surface area contributed by atoms with E-state index in [0.29, 0.717) is 33.0 Å². The molecule has 4 rings (SSSR count). The van der Waals surface area contributed by atoms with Crippen molar-refractivity contribution in [2.75, 3.05) is 5.32 Å². The van der Waals surface area contributed by atoms with Gasteiger partial charge in [-0.3, -0.25) is 14.9 Å². The van der Waals surface area contributed by atoms with Crippen LogP contribution in [0.25, 0.3) is 21.8 Å². The molecule has 0 aliphatic heterocycles. The number of rotatable bonds is 6. The van der Waals surface area contributed by atoms with E-state index in [1.54, 1.807) is 48.0 Å². The molecule has 7 nitrogen and oxygen atoms in total. The summed E-state index contributed by atoms with van der Waals surface area (Å²) in [5.74, 6) is -0.819. The fourth-order valence-corrected chi connectivity index (χ4v) is 3.72. The van der Waals surface area contributed by atoms with Gasteiger partial charge in [-0.1, -0.05) is 42.4 Å². The molecule has 2 aromatic carbocycles. The number of aromatic nitrogens is 2. The monoisotopic (exact) mass is 418 g/mol. The predicted octanol–water partition coefficient (Wildman–Crippen LogP) is 4.38. The third-order valence-corrected chi connectivity index (χ3v) is 5.42. The van der Waals surface area contributed by atoms with Gasteiger partial charge in [-0.15, -0.1) is 11.3 Å². The molecule has 4 aromatic rings. The first-order valence-corrected chi connectivity index (χ1v) is 10.2. The van der Waals surface area contributed by atoms with Crippen molar-refractivity contribution in [3.63, 3.8) is 0 Å². The Hall–Kier alpha value is -3.78. The van der Waals surface area contributed by atoms with Crippen molar-refractivity contribution in [1.82, 2.24) is 10.1 Å². The van der Waals surface area contributed by atoms with Crippen LogP contribution in [0.15, 0.2) is 64.6 Å². The molecular formula is C22H18N4O3S. The van der Waals surface area contributed by atoms with Gasteiger partial charge in [0.2, 0.25) is 11.8 Å². The van der Waals surface area contributed by atoms with Crippen LogP contribution in [0.2, 0.25) is 0 Å². The second kappa shape index (κ2) is 8.30. The van der Waals surface area contributed by atoms with Gasteiger partial charge in [-0.05, 0) is 30.2 Å². The zero-order valence-electron chi connectivity index (χ0n) is 16.1. The van der Waals surface area contributed by atoms with E-state index in [2.05, 4.69) is 15.5 Å². The lowest BCUT2D eigenvalue weighted by Crippen LogP contribution is -2.14. The van der Waals surface area contributed by atoms with E-state index in [1.165, 1.54) is 11.3 Å². The van der Waals surface area contributed by atoms with Crippen molar-refractivity contribution in [2.24, 2.45) is 5.73 Å². The van der Waals surface area contributed by atoms with Crippen molar-refractivity contribution in [2.45, 2.75) is 13.3 Å². The van der Waals surface area contributed by atoms with Gasteiger partial charge in [-0.2, -0.15) is 0 Å². The molecule has 2 aromatic heterocycles. The lowest BCUT2D eigenvalue weighted by molar-refractivity contribution is 0.0998. The normalized spacial score (nSPS) is 10.7. The molecule has 0 spiro atoms. The number of hydrogen-bond acceptors (Lipinski definition) is 6. The molecule has 0 unspecified atom stereocenters. The number of carbonyl (C=O) groups excluding carboxylic acids is 2. The van der Waals surface area contributed by atoms with Crippen LogP contribution >= 0.6 is 11.3 Å². The number of nitrogens with zero attached hydrogens (tertiary/aromatic N) is 2. The maximum Gasteiger partial charge on any atom is 0.258 e. The minimum Gasteiger partial charge on any atom is -0.366 e. The van der Waals surface area contributed by atoms with Crippen LogP contribution in [-0.4, -0.2) is 22.0 Å². The van der Waals surface area contributed by atoms with Gasteiger partial charge in [0.05, 0.1) is 5.56 Å². The minimum absolute atomic E-state index is 0.124. The van der Waals surface area contributed by atoms with Crippen LogP contribution in [0.4, 0.5) is 5.88 Å². The Labute approximate surface area is 176 Å². The Balaban J connectivity index is 1.79. The number of anilines is 1. The summed E-state index contributed by atoms with van der Waals surface area (Å²) in [6, 6.07) is 14.1. The minimum atomic E-state index is -0.593. The third kappa shape index (κ3) is 3.72. The maximum atomic E-state index is 12.8. The second-order valence-corrected chi connectivity index (χ2v) is 7.38. The second-order valence-electron chi connectivity index (χ2n) is 6.49. The Morgan fingerprint density at radius 3 is 2.57 bits per heavy atom. The average molecular weight is 418 g/mol. The highest BCUT2D eigenvalue weighted by atomic mass is 32.1. The van der Waals surface area contributed by atoms with E-state index >= 15 is 0 Å². The van der Waals surface area contributed by atoms with E-state index < -0.39 is 5.91 Å². The lowest BCUT2D eigenvalue weighted by Gasteiger charge is -2.09. The van der Waals surface area contributed by atoms with Crippen LogP contribution < -0.4 is 11.1 Å². The quantitative estimate of drug-likeness (QED) is 0.483. The fraction of sp³-hybridized carbons (Fsp3) is 0.0909. The first kappa shape index (κ1) is 19.5. The number of nitrogens with two attached hydrogens (primary N) is 1. The summed E-state index contributed by atoms with van der Waals surface area (Å²) in [7, 11) is 0. The molecule has 0 bridgehead atoms. The van der Waals surface area contributed by atoms with Crippen molar-refractivity contribution in [3.05, 3.63) is 76.8 Å². The third-order valence-electron chi connectivity index (χ3n) is 4.64. The molecule has 2 amide bonds. The summed E-state index contributed by atoms with van der Waals surface area (Å²) in [6.45, 7) is 2.05. The summed E-state index contributed by atoms with van der Waals surface area (Å²) in [4.78, 5) is 29.1. The lowest BCUT2D eigenvalue weighted by atomic mass is 9.99. The molecule has 2 heterocycles. The highest BCUT2D eigenvalue weighted by Crippen LogP contribution is 2.40. The zero-order valence-corrected chi connectivity index (χ0v) is 16.9. The van der Waals surface area contributed by atoms with Gasteiger partial charge in [0.15, 0.2) is 5.69 Å². The van der Waals surface area contributed by atoms with Crippen LogP contribution in [0.1, 0.15) is 33.2 Å². The number of hydrogen-bond donors (Lipinski definition) is 2. The number of nitrogens with one attached hydrogen (secondary N) is 1. The molecule has 150 valence electrons. The van der Waals surface area contributed by atoms with Gasteiger partial charge in [0.1, 0.15) is 5.01 Å². The predicted molar refractivity (Wildman–Crippen MR) is 115 cm³/mol. The van der Waals surface area contributed by atoms with Gasteiger partial charge in [-0.25, -0.2) is 4.98 Å². The topological polar surface area (TPSA) is 111 Å². The summed E-state index contributed by atoms with van der Waals surface area (Å²) in [6.07, 6.45) is 2.53. The van der Waals surface area contributed by atoms with Crippen molar-refractivity contribution >= 4 is 29.0 Å². The zero-order chi connectivity index (χ0) is 21.1. The standard InChI is InChI=1S/C22H18N4O3S/c1-2-13-7-9-14(10-8-13)20(28)25-21-17(15-5-3-4-6-16(15)19(23)27)18(26-29-21)22-24-11-12-30-22/h3-12H,2H2,1H3,(H2,23,27)(H,25,28). The molecular weight excluding hydrogens is 400 g/mol. The molecule has 0 radical (unpaired) electrons. The highest BCUT2D eigenvalue weighted by molar-refractivity contribution is 7.13. The summed E-state index contributed by atoms with van der Waals surface area (Å²) in [5.41, 5.74) is 8.86. The average Bonchev–Trinajstić information content (AvgIpc) is 3.43. The molecule has 0 fully saturated rings. The maximum absolute atomic E-state index is 12.8. The van der Waals surface area contributed by atoms with Crippen molar-refractivity contribution in [3.8, 4) is 21.8 Å². The van der Waals surface area contributed by atoms with Crippen molar-refractivity contribution < 1.29 is 14.1 Å². The first-order valence-electron chi connectivity index (χ1n) is 9.27. The first-order chi connectivity index (χ1) is 14.6. The van der Waals surface area contributed by atoms with E-state index in [-0.39, 0.29) is 11.8 Å². The molecule has 8 heteroatoms. The number of benzene rings is 2. The van der Waals surface area contributed by atoms with Crippen LogP contribution in [0.3, 0.4) is 0 Å². The molecule has 0 saturated carbocycles. The SMILES string of the molecule is CCc1ccc(C(=O)Nc2onc(-c3nccs3)c2-c2ccccc2C(N)=O)cc1. The number of thiazole rings is 1. The fourth-order valence-electron chi connectivity index (χ4n) is 3.09. The van der Waals surface area contributed by atoms with Crippen LogP contribution in [0, 0.1) is 0 Å². The van der Waals surface area contributed by atoms with Crippen LogP contribution in [0.5, 0.6) is 0 Å². The summed E-state index contributed by atoms with van der Waals surface area (Å²) < 4.78 is 5.48. The van der Waals surface area contributed by atoms with Gasteiger partial charge < -0.3 is 10.3 Å². The number of carbonyl (C=O) groups is 2. The summed E-state index contributed by atoms with van der Waals surface area (Å²) >= 11 is 1.37. The van der Waals surface area contributed by atoms with Gasteiger partial charge in [0, 0.05) is 28.3 Å². The highest BCUT2D eigenvalue weighted by Gasteiger charge is 2.25. The van der Waals surface area contributed by atoms with E-state index in [1.807, 2.05) is 19.1 Å². The molecule has 0 aliphatic carbocycles. The largest absolute Gasteiger partial charge is 0.366 e. The Kier molecular flexibility index (Phi) is 5.40. The molecule has 0 saturated heterocycles. The van der Waals surface area contributed by atoms with Gasteiger partial charge >= 0.3 is 0 Å². The smallest absolute Gasteiger partial charge is 0.258 e.